The normalized spacial score (nSPS) is 9.45. The van der Waals surface area contributed by atoms with Crippen molar-refractivity contribution in [1.29, 1.82) is 0 Å². The largest absolute Gasteiger partial charge is 0.0622 e. The Hall–Kier alpha value is -1.43. The Bertz CT molecular complexity index is 557. The van der Waals surface area contributed by atoms with Crippen LogP contribution in [0.5, 0.6) is 0 Å². The molecule has 3 rings (SSSR count). The van der Waals surface area contributed by atoms with E-state index >= 15 is 0 Å². The third kappa shape index (κ3) is 5.69. The molecule has 3 aromatic rings. The van der Waals surface area contributed by atoms with Crippen molar-refractivity contribution in [2.45, 2.75) is 0 Å². The zero-order valence-electron chi connectivity index (χ0n) is 11.0. The van der Waals surface area contributed by atoms with Gasteiger partial charge >= 0.3 is 0 Å². The first-order valence-corrected chi connectivity index (χ1v) is 8.21. The topological polar surface area (TPSA) is 0 Å². The lowest BCUT2D eigenvalue weighted by Crippen LogP contribution is -2.01. The fourth-order valence-corrected chi connectivity index (χ4v) is 2.98. The molecule has 0 heterocycles. The van der Waals surface area contributed by atoms with Crippen molar-refractivity contribution < 1.29 is 0 Å². The standard InChI is InChI=1S/C12H11P.C6H5Br/c1-3-7-11(8-4-1)13-12-9-5-2-6-10-12;7-6-4-2-1-3-5-6/h1-10,13H;1-5H. The molecular formula is C18H16BrP. The number of benzene rings is 3. The van der Waals surface area contributed by atoms with Crippen LogP contribution in [0.1, 0.15) is 0 Å². The Balaban J connectivity index is 0.000000178. The highest BCUT2D eigenvalue weighted by atomic mass is 79.9. The van der Waals surface area contributed by atoms with Crippen molar-refractivity contribution in [3.8, 4) is 0 Å². The Morgan fingerprint density at radius 3 is 1.15 bits per heavy atom. The van der Waals surface area contributed by atoms with E-state index in [1.165, 1.54) is 10.6 Å². The predicted molar refractivity (Wildman–Crippen MR) is 94.6 cm³/mol. The van der Waals surface area contributed by atoms with E-state index in [0.717, 1.165) is 13.1 Å². The van der Waals surface area contributed by atoms with Gasteiger partial charge in [0.25, 0.3) is 0 Å². The molecule has 0 amide bonds. The second-order valence-corrected chi connectivity index (χ2v) is 6.47. The van der Waals surface area contributed by atoms with Gasteiger partial charge in [-0.1, -0.05) is 103 Å². The average molecular weight is 343 g/mol. The van der Waals surface area contributed by atoms with E-state index in [2.05, 4.69) is 76.6 Å². The lowest BCUT2D eigenvalue weighted by molar-refractivity contribution is 1.66. The molecule has 20 heavy (non-hydrogen) atoms. The summed E-state index contributed by atoms with van der Waals surface area (Å²) in [7, 11) is 0.777. The summed E-state index contributed by atoms with van der Waals surface area (Å²) in [6.45, 7) is 0. The molecule has 0 spiro atoms. The molecule has 0 aliphatic rings. The zero-order valence-corrected chi connectivity index (χ0v) is 13.6. The first kappa shape index (κ1) is 15.0. The predicted octanol–water partition coefficient (Wildman–Crippen LogP) is 4.77. The second kappa shape index (κ2) is 8.68. The van der Waals surface area contributed by atoms with E-state index in [1.807, 2.05) is 30.3 Å². The summed E-state index contributed by atoms with van der Waals surface area (Å²) in [6.07, 6.45) is 0. The SMILES string of the molecule is Brc1ccccc1.c1ccc(Pc2ccccc2)cc1. The average Bonchev–Trinajstić information content (AvgIpc) is 2.51. The van der Waals surface area contributed by atoms with Crippen LogP contribution in [0.15, 0.2) is 95.5 Å². The maximum Gasteiger partial charge on any atom is 0.0175 e. The first-order chi connectivity index (χ1) is 9.84. The van der Waals surface area contributed by atoms with Gasteiger partial charge in [-0.25, -0.2) is 0 Å². The van der Waals surface area contributed by atoms with Crippen LogP contribution < -0.4 is 10.6 Å². The van der Waals surface area contributed by atoms with Gasteiger partial charge in [0.1, 0.15) is 0 Å². The van der Waals surface area contributed by atoms with Crippen molar-refractivity contribution in [1.82, 2.24) is 0 Å². The number of halogens is 1. The van der Waals surface area contributed by atoms with Gasteiger partial charge in [0.15, 0.2) is 0 Å². The molecule has 0 aromatic heterocycles. The van der Waals surface area contributed by atoms with Gasteiger partial charge in [-0.05, 0) is 22.7 Å². The molecule has 0 saturated carbocycles. The molecule has 0 unspecified atom stereocenters. The van der Waals surface area contributed by atoms with Gasteiger partial charge in [-0.15, -0.1) is 0 Å². The molecule has 0 saturated heterocycles. The minimum absolute atomic E-state index is 0.777. The molecule has 0 radical (unpaired) electrons. The van der Waals surface area contributed by atoms with Crippen LogP contribution in [0.25, 0.3) is 0 Å². The van der Waals surface area contributed by atoms with Crippen molar-refractivity contribution in [2.75, 3.05) is 0 Å². The summed E-state index contributed by atoms with van der Waals surface area (Å²) in [5.41, 5.74) is 0. The summed E-state index contributed by atoms with van der Waals surface area (Å²) < 4.78 is 1.13. The van der Waals surface area contributed by atoms with Crippen LogP contribution in [0.3, 0.4) is 0 Å². The van der Waals surface area contributed by atoms with Crippen LogP contribution >= 0.6 is 24.5 Å². The lowest BCUT2D eigenvalue weighted by atomic mass is 10.4. The summed E-state index contributed by atoms with van der Waals surface area (Å²) in [6, 6.07) is 31.1. The summed E-state index contributed by atoms with van der Waals surface area (Å²) in [5.74, 6) is 0. The number of rotatable bonds is 2. The van der Waals surface area contributed by atoms with Gasteiger partial charge < -0.3 is 0 Å². The fourth-order valence-electron chi connectivity index (χ4n) is 1.62. The van der Waals surface area contributed by atoms with E-state index in [4.69, 9.17) is 0 Å². The smallest absolute Gasteiger partial charge is 0.0175 e. The number of hydrogen-bond acceptors (Lipinski definition) is 0. The molecule has 100 valence electrons. The van der Waals surface area contributed by atoms with Crippen LogP contribution in [-0.4, -0.2) is 0 Å². The third-order valence-corrected chi connectivity index (χ3v) is 4.34. The van der Waals surface area contributed by atoms with Gasteiger partial charge in [0.2, 0.25) is 0 Å². The highest BCUT2D eigenvalue weighted by Gasteiger charge is 1.92. The van der Waals surface area contributed by atoms with Gasteiger partial charge in [0, 0.05) is 4.47 Å². The van der Waals surface area contributed by atoms with Crippen molar-refractivity contribution >= 4 is 35.1 Å². The Labute approximate surface area is 130 Å². The molecule has 0 atom stereocenters. The van der Waals surface area contributed by atoms with E-state index in [-0.39, 0.29) is 0 Å². The minimum atomic E-state index is 0.777. The number of hydrogen-bond donors (Lipinski definition) is 0. The summed E-state index contributed by atoms with van der Waals surface area (Å²) in [5, 5.41) is 2.79. The third-order valence-electron chi connectivity index (χ3n) is 2.57. The summed E-state index contributed by atoms with van der Waals surface area (Å²) in [4.78, 5) is 0. The minimum Gasteiger partial charge on any atom is -0.0622 e. The summed E-state index contributed by atoms with van der Waals surface area (Å²) >= 11 is 3.31. The zero-order chi connectivity index (χ0) is 14.0. The van der Waals surface area contributed by atoms with E-state index < -0.39 is 0 Å². The fraction of sp³-hybridized carbons (Fsp3) is 0. The van der Waals surface area contributed by atoms with Crippen LogP contribution in [0, 0.1) is 0 Å². The Morgan fingerprint density at radius 2 is 0.850 bits per heavy atom. The van der Waals surface area contributed by atoms with Crippen molar-refractivity contribution in [3.05, 3.63) is 95.5 Å². The molecule has 0 aliphatic heterocycles. The molecule has 2 heteroatoms. The van der Waals surface area contributed by atoms with Crippen molar-refractivity contribution in [3.63, 3.8) is 0 Å². The second-order valence-electron chi connectivity index (χ2n) is 4.15. The highest BCUT2D eigenvalue weighted by molar-refractivity contribution is 9.10. The van der Waals surface area contributed by atoms with E-state index in [1.54, 1.807) is 0 Å². The maximum absolute atomic E-state index is 3.31. The van der Waals surface area contributed by atoms with E-state index in [9.17, 15) is 0 Å². The molecule has 0 nitrogen and oxygen atoms in total. The van der Waals surface area contributed by atoms with Gasteiger partial charge in [-0.3, -0.25) is 0 Å². The van der Waals surface area contributed by atoms with Gasteiger partial charge in [-0.2, -0.15) is 0 Å². The molecule has 0 aliphatic carbocycles. The van der Waals surface area contributed by atoms with Gasteiger partial charge in [0.05, 0.1) is 0 Å². The maximum atomic E-state index is 3.31. The molecule has 0 bridgehead atoms. The van der Waals surface area contributed by atoms with Crippen LogP contribution in [0.2, 0.25) is 0 Å². The lowest BCUT2D eigenvalue weighted by Gasteiger charge is -2.00. The quantitative estimate of drug-likeness (QED) is 0.588. The molecule has 0 fully saturated rings. The first-order valence-electron chi connectivity index (χ1n) is 6.42. The highest BCUT2D eigenvalue weighted by Crippen LogP contribution is 2.08. The van der Waals surface area contributed by atoms with E-state index in [0.29, 0.717) is 0 Å². The Morgan fingerprint density at radius 1 is 0.500 bits per heavy atom. The molecule has 3 aromatic carbocycles. The molecule has 0 N–H and O–H groups in total. The van der Waals surface area contributed by atoms with Crippen LogP contribution in [-0.2, 0) is 0 Å². The Kier molecular flexibility index (Phi) is 6.50. The van der Waals surface area contributed by atoms with Crippen molar-refractivity contribution in [2.24, 2.45) is 0 Å². The van der Waals surface area contributed by atoms with Crippen LogP contribution in [0.4, 0.5) is 0 Å². The monoisotopic (exact) mass is 342 g/mol. The molecular weight excluding hydrogens is 327 g/mol.